The zero-order valence-corrected chi connectivity index (χ0v) is 14.8. The van der Waals surface area contributed by atoms with Crippen molar-refractivity contribution >= 4 is 0 Å². The Morgan fingerprint density at radius 2 is 1.19 bits per heavy atom. The summed E-state index contributed by atoms with van der Waals surface area (Å²) < 4.78 is -0.296. The Morgan fingerprint density at radius 3 is 1.57 bits per heavy atom. The van der Waals surface area contributed by atoms with Crippen LogP contribution in [0.1, 0.15) is 90.9 Å². The van der Waals surface area contributed by atoms with Gasteiger partial charge in [-0.05, 0) is 19.8 Å². The van der Waals surface area contributed by atoms with Gasteiger partial charge in [0, 0.05) is 0 Å². The van der Waals surface area contributed by atoms with Gasteiger partial charge in [-0.1, -0.05) is 71.1 Å². The molecular weight excluding hydrogens is 262 g/mol. The van der Waals surface area contributed by atoms with Crippen LogP contribution in [0.15, 0.2) is 0 Å². The molecule has 3 nitrogen and oxygen atoms in total. The molecule has 0 aromatic heterocycles. The highest BCUT2D eigenvalue weighted by atomic mass is 16.5. The largest absolute Gasteiger partial charge is 0.633 e. The molecule has 0 fully saturated rings. The predicted octanol–water partition coefficient (Wildman–Crippen LogP) is 5.01. The molecular formula is C18H39NO2. The van der Waals surface area contributed by atoms with Gasteiger partial charge in [-0.3, -0.25) is 0 Å². The molecule has 0 spiro atoms. The first-order valence-electron chi connectivity index (χ1n) is 9.21. The average Bonchev–Trinajstić information content (AvgIpc) is 2.38. The third kappa shape index (κ3) is 16.1. The molecule has 0 aliphatic carbocycles. The van der Waals surface area contributed by atoms with E-state index < -0.39 is 6.10 Å². The van der Waals surface area contributed by atoms with Crippen LogP contribution in [-0.4, -0.2) is 36.0 Å². The van der Waals surface area contributed by atoms with E-state index in [9.17, 15) is 10.3 Å². The third-order valence-electron chi connectivity index (χ3n) is 4.14. The van der Waals surface area contributed by atoms with Gasteiger partial charge in [-0.15, -0.1) is 0 Å². The van der Waals surface area contributed by atoms with Crippen LogP contribution in [0.5, 0.6) is 0 Å². The third-order valence-corrected chi connectivity index (χ3v) is 4.14. The zero-order valence-electron chi connectivity index (χ0n) is 14.8. The number of unbranched alkanes of at least 4 members (excludes halogenated alkanes) is 11. The highest BCUT2D eigenvalue weighted by Gasteiger charge is 2.12. The van der Waals surface area contributed by atoms with E-state index in [2.05, 4.69) is 6.92 Å². The van der Waals surface area contributed by atoms with Crippen molar-refractivity contribution in [3.63, 3.8) is 0 Å². The van der Waals surface area contributed by atoms with Crippen molar-refractivity contribution in [2.24, 2.45) is 0 Å². The summed E-state index contributed by atoms with van der Waals surface area (Å²) in [6.07, 6.45) is 15.3. The number of hydrogen-bond donors (Lipinski definition) is 1. The molecule has 0 saturated heterocycles. The van der Waals surface area contributed by atoms with E-state index in [1.165, 1.54) is 64.2 Å². The number of quaternary nitrogens is 1. The average molecular weight is 302 g/mol. The summed E-state index contributed by atoms with van der Waals surface area (Å²) in [7, 11) is 1.67. The summed E-state index contributed by atoms with van der Waals surface area (Å²) in [5.74, 6) is 0. The van der Waals surface area contributed by atoms with Gasteiger partial charge >= 0.3 is 0 Å². The lowest BCUT2D eigenvalue weighted by atomic mass is 10.1. The Bertz CT molecular complexity index is 217. The second-order valence-corrected chi connectivity index (χ2v) is 6.94. The molecule has 1 N–H and O–H groups in total. The van der Waals surface area contributed by atoms with Gasteiger partial charge in [0.15, 0.2) is 0 Å². The first-order chi connectivity index (χ1) is 9.98. The summed E-state index contributed by atoms with van der Waals surface area (Å²) in [6, 6.07) is 0. The maximum atomic E-state index is 12.0. The molecule has 3 heteroatoms. The first kappa shape index (κ1) is 20.9. The van der Waals surface area contributed by atoms with E-state index >= 15 is 0 Å². The molecule has 2 unspecified atom stereocenters. The summed E-state index contributed by atoms with van der Waals surface area (Å²) in [6.45, 7) is 4.91. The molecule has 21 heavy (non-hydrogen) atoms. The standard InChI is InChI=1S/C18H39NO2/c1-4-5-6-7-8-9-10-11-12-13-14-15-16-19(3,21)17-18(2)20/h18,20H,4-17H2,1-3H3. The smallest absolute Gasteiger partial charge is 0.104 e. The fourth-order valence-electron chi connectivity index (χ4n) is 2.94. The Balaban J connectivity index is 3.22. The van der Waals surface area contributed by atoms with Crippen molar-refractivity contribution in [3.8, 4) is 0 Å². The quantitative estimate of drug-likeness (QED) is 0.262. The molecule has 0 radical (unpaired) electrons. The lowest BCUT2D eigenvalue weighted by molar-refractivity contribution is -0.864. The number of nitrogens with zero attached hydrogens (tertiary/aromatic N) is 1. The van der Waals surface area contributed by atoms with Crippen molar-refractivity contribution in [2.75, 3.05) is 20.1 Å². The van der Waals surface area contributed by atoms with Crippen LogP contribution in [0.2, 0.25) is 0 Å². The van der Waals surface area contributed by atoms with Crippen LogP contribution in [0.25, 0.3) is 0 Å². The Hall–Kier alpha value is -0.120. The molecule has 2 atom stereocenters. The van der Waals surface area contributed by atoms with Gasteiger partial charge < -0.3 is 15.0 Å². The van der Waals surface area contributed by atoms with Crippen molar-refractivity contribution in [2.45, 2.75) is 97.0 Å². The van der Waals surface area contributed by atoms with Gasteiger partial charge in [0.1, 0.15) is 12.6 Å². The molecule has 0 aromatic rings. The number of hydroxylamine groups is 3. The number of hydrogen-bond acceptors (Lipinski definition) is 2. The molecule has 0 saturated carbocycles. The lowest BCUT2D eigenvalue weighted by Gasteiger charge is -2.39. The normalized spacial score (nSPS) is 15.9. The van der Waals surface area contributed by atoms with Crippen molar-refractivity contribution in [3.05, 3.63) is 5.21 Å². The van der Waals surface area contributed by atoms with Crippen LogP contribution in [0.3, 0.4) is 0 Å². The molecule has 0 heterocycles. The number of likely N-dealkylation sites (N-methyl/N-ethyl adjacent to an activating group) is 1. The van der Waals surface area contributed by atoms with Crippen LogP contribution in [0.4, 0.5) is 0 Å². The summed E-state index contributed by atoms with van der Waals surface area (Å²) in [5, 5.41) is 21.2. The van der Waals surface area contributed by atoms with E-state index in [0.29, 0.717) is 13.1 Å². The highest BCUT2D eigenvalue weighted by Crippen LogP contribution is 2.13. The van der Waals surface area contributed by atoms with Gasteiger partial charge in [0.25, 0.3) is 0 Å². The van der Waals surface area contributed by atoms with E-state index in [1.807, 2.05) is 0 Å². The van der Waals surface area contributed by atoms with Crippen LogP contribution < -0.4 is 0 Å². The minimum atomic E-state index is -0.496. The molecule has 0 rings (SSSR count). The second kappa shape index (κ2) is 13.5. The zero-order chi connectivity index (χ0) is 16.0. The minimum absolute atomic E-state index is 0.296. The summed E-state index contributed by atoms with van der Waals surface area (Å²) in [5.41, 5.74) is 0. The van der Waals surface area contributed by atoms with Gasteiger partial charge in [-0.2, -0.15) is 0 Å². The summed E-state index contributed by atoms with van der Waals surface area (Å²) in [4.78, 5) is 0. The van der Waals surface area contributed by atoms with Crippen LogP contribution in [-0.2, 0) is 0 Å². The van der Waals surface area contributed by atoms with E-state index in [4.69, 9.17) is 0 Å². The molecule has 0 aromatic carbocycles. The van der Waals surface area contributed by atoms with Crippen molar-refractivity contribution in [1.82, 2.24) is 0 Å². The molecule has 128 valence electrons. The predicted molar refractivity (Wildman–Crippen MR) is 92.0 cm³/mol. The fourth-order valence-corrected chi connectivity index (χ4v) is 2.94. The second-order valence-electron chi connectivity index (χ2n) is 6.94. The maximum Gasteiger partial charge on any atom is 0.104 e. The van der Waals surface area contributed by atoms with E-state index in [-0.39, 0.29) is 4.65 Å². The summed E-state index contributed by atoms with van der Waals surface area (Å²) >= 11 is 0. The Kier molecular flexibility index (Phi) is 13.5. The Labute approximate surface area is 132 Å². The van der Waals surface area contributed by atoms with Gasteiger partial charge in [0.05, 0.1) is 13.6 Å². The molecule has 0 aliphatic rings. The lowest BCUT2D eigenvalue weighted by Crippen LogP contribution is -2.43. The number of aliphatic hydroxyl groups is 1. The van der Waals surface area contributed by atoms with Crippen LogP contribution >= 0.6 is 0 Å². The molecule has 0 amide bonds. The maximum absolute atomic E-state index is 12.0. The molecule has 0 bridgehead atoms. The van der Waals surface area contributed by atoms with Gasteiger partial charge in [0.2, 0.25) is 0 Å². The minimum Gasteiger partial charge on any atom is -0.633 e. The SMILES string of the molecule is CCCCCCCCCCCCCC[N+](C)([O-])CC(C)O. The highest BCUT2D eigenvalue weighted by molar-refractivity contribution is 4.50. The van der Waals surface area contributed by atoms with Crippen molar-refractivity contribution in [1.29, 1.82) is 0 Å². The number of rotatable bonds is 15. The first-order valence-corrected chi connectivity index (χ1v) is 9.21. The molecule has 0 aliphatic heterocycles. The monoisotopic (exact) mass is 301 g/mol. The van der Waals surface area contributed by atoms with Gasteiger partial charge in [-0.25, -0.2) is 0 Å². The van der Waals surface area contributed by atoms with E-state index in [0.717, 1.165) is 12.8 Å². The fraction of sp³-hybridized carbons (Fsp3) is 1.00. The van der Waals surface area contributed by atoms with E-state index in [1.54, 1.807) is 14.0 Å². The Morgan fingerprint density at radius 1 is 0.810 bits per heavy atom. The number of aliphatic hydroxyl groups excluding tert-OH is 1. The van der Waals surface area contributed by atoms with Crippen molar-refractivity contribution < 1.29 is 9.75 Å². The van der Waals surface area contributed by atoms with Crippen LogP contribution in [0, 0.1) is 5.21 Å². The topological polar surface area (TPSA) is 43.3 Å².